The Balaban J connectivity index is 2.14. The highest BCUT2D eigenvalue weighted by Crippen LogP contribution is 2.29. The van der Waals surface area contributed by atoms with Crippen molar-refractivity contribution in [2.75, 3.05) is 0 Å². The van der Waals surface area contributed by atoms with Crippen LogP contribution in [0.25, 0.3) is 0 Å². The molecule has 1 aromatic rings. The Kier molecular flexibility index (Phi) is 3.46. The zero-order valence-corrected chi connectivity index (χ0v) is 9.47. The normalized spacial score (nSPS) is 26.7. The first-order valence-electron chi connectivity index (χ1n) is 5.80. The van der Waals surface area contributed by atoms with Crippen molar-refractivity contribution >= 4 is 0 Å². The van der Waals surface area contributed by atoms with Gasteiger partial charge in [0.05, 0.1) is 12.2 Å². The van der Waals surface area contributed by atoms with E-state index in [4.69, 9.17) is 4.74 Å². The van der Waals surface area contributed by atoms with Gasteiger partial charge >= 0.3 is 0 Å². The largest absolute Gasteiger partial charge is 0.487 e. The number of aliphatic hydroxyl groups is 2. The van der Waals surface area contributed by atoms with E-state index in [9.17, 15) is 10.2 Å². The molecule has 1 aliphatic rings. The molecule has 2 rings (SSSR count). The summed E-state index contributed by atoms with van der Waals surface area (Å²) in [5, 5.41) is 19.3. The van der Waals surface area contributed by atoms with Crippen molar-refractivity contribution in [2.24, 2.45) is 0 Å². The summed E-state index contributed by atoms with van der Waals surface area (Å²) < 4.78 is 5.77. The molecule has 3 atom stereocenters. The van der Waals surface area contributed by atoms with Crippen molar-refractivity contribution < 1.29 is 14.9 Å². The van der Waals surface area contributed by atoms with Crippen LogP contribution in [-0.2, 0) is 0 Å². The third-order valence-corrected chi connectivity index (χ3v) is 3.07. The molecule has 0 aliphatic heterocycles. The van der Waals surface area contributed by atoms with Crippen molar-refractivity contribution in [3.63, 3.8) is 0 Å². The molecule has 0 spiro atoms. The van der Waals surface area contributed by atoms with Crippen LogP contribution >= 0.6 is 0 Å². The molecular weight excluding hydrogens is 204 g/mol. The highest BCUT2D eigenvalue weighted by molar-refractivity contribution is 5.35. The lowest BCUT2D eigenvalue weighted by atomic mass is 10.1. The maximum Gasteiger partial charge on any atom is 0.125 e. The summed E-state index contributed by atoms with van der Waals surface area (Å²) in [5.41, 5.74) is 0.779. The summed E-state index contributed by atoms with van der Waals surface area (Å²) in [5.74, 6) is 0.684. The van der Waals surface area contributed by atoms with Crippen LogP contribution in [0, 0.1) is 0 Å². The molecular formula is C13H18O3. The number of hydrogen-bond donors (Lipinski definition) is 2. The number of rotatable bonds is 3. The quantitative estimate of drug-likeness (QED) is 0.822. The fraction of sp³-hybridized carbons (Fsp3) is 0.538. The topological polar surface area (TPSA) is 49.7 Å². The molecule has 1 fully saturated rings. The number of benzene rings is 1. The second kappa shape index (κ2) is 4.85. The lowest BCUT2D eigenvalue weighted by Gasteiger charge is -2.20. The highest BCUT2D eigenvalue weighted by atomic mass is 16.5. The maximum absolute atomic E-state index is 9.69. The first-order valence-corrected chi connectivity index (χ1v) is 5.80. The van der Waals surface area contributed by atoms with Gasteiger partial charge in [0.15, 0.2) is 0 Å². The molecule has 0 bridgehead atoms. The summed E-state index contributed by atoms with van der Waals surface area (Å²) >= 11 is 0. The monoisotopic (exact) mass is 222 g/mol. The molecule has 1 aromatic carbocycles. The molecule has 3 nitrogen and oxygen atoms in total. The molecule has 88 valence electrons. The van der Waals surface area contributed by atoms with Gasteiger partial charge in [-0.25, -0.2) is 0 Å². The van der Waals surface area contributed by atoms with Gasteiger partial charge in [-0.15, -0.1) is 0 Å². The van der Waals surface area contributed by atoms with Crippen LogP contribution in [0.5, 0.6) is 5.75 Å². The second-order valence-electron chi connectivity index (χ2n) is 4.37. The van der Waals surface area contributed by atoms with Gasteiger partial charge in [-0.3, -0.25) is 0 Å². The van der Waals surface area contributed by atoms with E-state index >= 15 is 0 Å². The Hall–Kier alpha value is -1.06. The highest BCUT2D eigenvalue weighted by Gasteiger charge is 2.27. The van der Waals surface area contributed by atoms with Crippen LogP contribution in [0.3, 0.4) is 0 Å². The van der Waals surface area contributed by atoms with Crippen LogP contribution in [0.2, 0.25) is 0 Å². The van der Waals surface area contributed by atoms with Gasteiger partial charge in [0.2, 0.25) is 0 Å². The predicted molar refractivity (Wildman–Crippen MR) is 61.3 cm³/mol. The van der Waals surface area contributed by atoms with Crippen LogP contribution in [-0.4, -0.2) is 22.4 Å². The maximum atomic E-state index is 9.69. The Morgan fingerprint density at radius 3 is 2.69 bits per heavy atom. The van der Waals surface area contributed by atoms with Crippen molar-refractivity contribution in [2.45, 2.75) is 44.5 Å². The Labute approximate surface area is 95.7 Å². The number of aliphatic hydroxyl groups excluding tert-OH is 2. The third-order valence-electron chi connectivity index (χ3n) is 3.07. The number of hydrogen-bond acceptors (Lipinski definition) is 3. The van der Waals surface area contributed by atoms with Gasteiger partial charge in [0.1, 0.15) is 11.9 Å². The van der Waals surface area contributed by atoms with Crippen LogP contribution in [0.1, 0.15) is 37.9 Å². The standard InChI is InChI=1S/C13H18O3/c1-9(14)10-5-2-3-7-12(10)16-13-8-4-6-11(13)15/h2-3,5,7,9,11,13-15H,4,6,8H2,1H3. The van der Waals surface area contributed by atoms with Gasteiger partial charge in [-0.1, -0.05) is 18.2 Å². The molecule has 0 heterocycles. The fourth-order valence-electron chi connectivity index (χ4n) is 2.14. The van der Waals surface area contributed by atoms with Crippen LogP contribution in [0.15, 0.2) is 24.3 Å². The smallest absolute Gasteiger partial charge is 0.125 e. The van der Waals surface area contributed by atoms with E-state index < -0.39 is 6.10 Å². The Morgan fingerprint density at radius 1 is 1.31 bits per heavy atom. The molecule has 16 heavy (non-hydrogen) atoms. The fourth-order valence-corrected chi connectivity index (χ4v) is 2.14. The lowest BCUT2D eigenvalue weighted by Crippen LogP contribution is -2.26. The van der Waals surface area contributed by atoms with Gasteiger partial charge in [-0.05, 0) is 32.3 Å². The summed E-state index contributed by atoms with van der Waals surface area (Å²) in [6.45, 7) is 1.72. The van der Waals surface area contributed by atoms with E-state index in [1.54, 1.807) is 6.92 Å². The van der Waals surface area contributed by atoms with Gasteiger partial charge in [-0.2, -0.15) is 0 Å². The van der Waals surface area contributed by atoms with Crippen molar-refractivity contribution in [3.8, 4) is 5.75 Å². The van der Waals surface area contributed by atoms with Gasteiger partial charge < -0.3 is 14.9 Å². The zero-order valence-electron chi connectivity index (χ0n) is 9.47. The minimum Gasteiger partial charge on any atom is -0.487 e. The lowest BCUT2D eigenvalue weighted by molar-refractivity contribution is 0.0577. The van der Waals surface area contributed by atoms with Crippen LogP contribution < -0.4 is 4.74 Å². The SMILES string of the molecule is CC(O)c1ccccc1OC1CCCC1O. The second-order valence-corrected chi connectivity index (χ2v) is 4.37. The molecule has 2 N–H and O–H groups in total. The average Bonchev–Trinajstić information content (AvgIpc) is 2.65. The minimum atomic E-state index is -0.547. The van der Waals surface area contributed by atoms with Crippen molar-refractivity contribution in [1.82, 2.24) is 0 Å². The molecule has 0 radical (unpaired) electrons. The van der Waals surface area contributed by atoms with Gasteiger partial charge in [0, 0.05) is 5.56 Å². The summed E-state index contributed by atoms with van der Waals surface area (Å²) in [7, 11) is 0. The van der Waals surface area contributed by atoms with E-state index in [0.29, 0.717) is 5.75 Å². The summed E-state index contributed by atoms with van der Waals surface area (Å²) in [6.07, 6.45) is 1.65. The minimum absolute atomic E-state index is 0.125. The first-order chi connectivity index (χ1) is 7.68. The summed E-state index contributed by atoms with van der Waals surface area (Å²) in [6, 6.07) is 7.44. The third kappa shape index (κ3) is 2.36. The van der Waals surface area contributed by atoms with Gasteiger partial charge in [0.25, 0.3) is 0 Å². The van der Waals surface area contributed by atoms with E-state index in [1.807, 2.05) is 24.3 Å². The molecule has 1 aliphatic carbocycles. The average molecular weight is 222 g/mol. The Bertz CT molecular complexity index is 349. The van der Waals surface area contributed by atoms with E-state index in [2.05, 4.69) is 0 Å². The predicted octanol–water partition coefficient (Wildman–Crippen LogP) is 2.03. The molecule has 0 saturated heterocycles. The molecule has 3 heteroatoms. The van der Waals surface area contributed by atoms with Crippen molar-refractivity contribution in [3.05, 3.63) is 29.8 Å². The zero-order chi connectivity index (χ0) is 11.5. The molecule has 3 unspecified atom stereocenters. The molecule has 0 aromatic heterocycles. The number of para-hydroxylation sites is 1. The van der Waals surface area contributed by atoms with E-state index in [1.165, 1.54) is 0 Å². The Morgan fingerprint density at radius 2 is 2.06 bits per heavy atom. The summed E-state index contributed by atoms with van der Waals surface area (Å²) in [4.78, 5) is 0. The first kappa shape index (κ1) is 11.4. The number of ether oxygens (including phenoxy) is 1. The van der Waals surface area contributed by atoms with E-state index in [0.717, 1.165) is 24.8 Å². The van der Waals surface area contributed by atoms with Crippen molar-refractivity contribution in [1.29, 1.82) is 0 Å². The van der Waals surface area contributed by atoms with Crippen LogP contribution in [0.4, 0.5) is 0 Å². The molecule has 1 saturated carbocycles. The molecule has 0 amide bonds. The van der Waals surface area contributed by atoms with E-state index in [-0.39, 0.29) is 12.2 Å².